The van der Waals surface area contributed by atoms with Crippen LogP contribution in [-0.4, -0.2) is 28.1 Å². The van der Waals surface area contributed by atoms with Gasteiger partial charge in [-0.3, -0.25) is 4.79 Å². The van der Waals surface area contributed by atoms with Crippen LogP contribution < -0.4 is 10.1 Å². The van der Waals surface area contributed by atoms with Crippen LogP contribution in [0.1, 0.15) is 5.56 Å². The highest BCUT2D eigenvalue weighted by Crippen LogP contribution is 2.34. The Labute approximate surface area is 177 Å². The lowest BCUT2D eigenvalue weighted by Crippen LogP contribution is -2.15. The molecule has 0 fully saturated rings. The highest BCUT2D eigenvalue weighted by molar-refractivity contribution is 8.01. The molecule has 0 atom stereocenters. The van der Waals surface area contributed by atoms with Crippen molar-refractivity contribution in [3.05, 3.63) is 53.1 Å². The van der Waals surface area contributed by atoms with E-state index in [0.29, 0.717) is 15.9 Å². The number of aromatic nitrogens is 2. The second-order valence-electron chi connectivity index (χ2n) is 5.64. The Balaban J connectivity index is 1.61. The monoisotopic (exact) mass is 459 g/mol. The van der Waals surface area contributed by atoms with Crippen LogP contribution in [0.5, 0.6) is 5.75 Å². The number of ether oxygens (including phenoxy) is 1. The van der Waals surface area contributed by atoms with Crippen LogP contribution in [0.15, 0.2) is 46.8 Å². The van der Waals surface area contributed by atoms with Gasteiger partial charge < -0.3 is 10.1 Å². The van der Waals surface area contributed by atoms with Gasteiger partial charge in [0, 0.05) is 5.56 Å². The number of rotatable bonds is 6. The molecule has 29 heavy (non-hydrogen) atoms. The van der Waals surface area contributed by atoms with Gasteiger partial charge in [0.1, 0.15) is 5.75 Å². The van der Waals surface area contributed by atoms with Crippen LogP contribution in [0.4, 0.5) is 18.9 Å². The number of hydrogen-bond donors (Lipinski definition) is 1. The maximum atomic E-state index is 12.8. The lowest BCUT2D eigenvalue weighted by molar-refractivity contribution is -0.137. The number of carbonyl (C=O) groups excluding carboxylic acids is 1. The normalized spacial score (nSPS) is 11.3. The molecule has 2 aromatic carbocycles. The van der Waals surface area contributed by atoms with Gasteiger partial charge in [0.25, 0.3) is 0 Å². The van der Waals surface area contributed by atoms with Crippen LogP contribution in [0.3, 0.4) is 0 Å². The Morgan fingerprint density at radius 1 is 1.24 bits per heavy atom. The minimum absolute atomic E-state index is 0.0223. The first-order valence-electron chi connectivity index (χ1n) is 8.04. The average molecular weight is 460 g/mol. The summed E-state index contributed by atoms with van der Waals surface area (Å²) in [5.74, 6) is 0.673. The fourth-order valence-electron chi connectivity index (χ4n) is 2.24. The van der Waals surface area contributed by atoms with Gasteiger partial charge in [0.2, 0.25) is 5.91 Å². The molecule has 0 saturated heterocycles. The van der Waals surface area contributed by atoms with E-state index in [1.165, 1.54) is 0 Å². The van der Waals surface area contributed by atoms with Crippen molar-refractivity contribution in [3.8, 4) is 17.1 Å². The number of methoxy groups -OCH3 is 1. The molecule has 0 radical (unpaired) electrons. The second-order valence-corrected chi connectivity index (χ2v) is 8.02. The first kappa shape index (κ1) is 21.4. The zero-order valence-corrected chi connectivity index (χ0v) is 17.2. The summed E-state index contributed by atoms with van der Waals surface area (Å²) in [7, 11) is 1.57. The van der Waals surface area contributed by atoms with Crippen LogP contribution in [0.2, 0.25) is 5.02 Å². The maximum absolute atomic E-state index is 12.8. The van der Waals surface area contributed by atoms with Gasteiger partial charge in [-0.25, -0.2) is 4.98 Å². The molecule has 3 aromatic rings. The summed E-state index contributed by atoms with van der Waals surface area (Å²) in [4.78, 5) is 16.5. The van der Waals surface area contributed by atoms with E-state index < -0.39 is 17.6 Å². The summed E-state index contributed by atoms with van der Waals surface area (Å²) in [6.45, 7) is 0. The second kappa shape index (κ2) is 9.02. The minimum atomic E-state index is -4.52. The average Bonchev–Trinajstić information content (AvgIpc) is 3.16. The van der Waals surface area contributed by atoms with E-state index in [1.807, 2.05) is 12.1 Å². The molecule has 0 aliphatic rings. The van der Waals surface area contributed by atoms with Gasteiger partial charge >= 0.3 is 6.18 Å². The number of alkyl halides is 3. The summed E-state index contributed by atoms with van der Waals surface area (Å²) in [5.41, 5.74) is -0.185. The molecule has 0 aliphatic heterocycles. The Hall–Kier alpha value is -2.30. The zero-order chi connectivity index (χ0) is 21.0. The lowest BCUT2D eigenvalue weighted by Gasteiger charge is -2.11. The van der Waals surface area contributed by atoms with E-state index in [0.717, 1.165) is 47.1 Å². The Morgan fingerprint density at radius 2 is 1.97 bits per heavy atom. The predicted molar refractivity (Wildman–Crippen MR) is 108 cm³/mol. The summed E-state index contributed by atoms with van der Waals surface area (Å²) >= 11 is 8.14. The number of amides is 1. The number of nitrogens with one attached hydrogen (secondary N) is 1. The Morgan fingerprint density at radius 3 is 2.62 bits per heavy atom. The van der Waals surface area contributed by atoms with Crippen LogP contribution in [0, 0.1) is 0 Å². The predicted octanol–water partition coefficient (Wildman–Crippen LogP) is 5.62. The van der Waals surface area contributed by atoms with Crippen molar-refractivity contribution in [3.63, 3.8) is 0 Å². The van der Waals surface area contributed by atoms with Crippen molar-refractivity contribution in [1.29, 1.82) is 0 Å². The molecule has 1 N–H and O–H groups in total. The van der Waals surface area contributed by atoms with Crippen LogP contribution >= 0.6 is 34.9 Å². The number of benzene rings is 2. The van der Waals surface area contributed by atoms with E-state index in [2.05, 4.69) is 14.7 Å². The summed E-state index contributed by atoms with van der Waals surface area (Å²) < 4.78 is 48.3. The van der Waals surface area contributed by atoms with Crippen molar-refractivity contribution in [1.82, 2.24) is 9.36 Å². The van der Waals surface area contributed by atoms with Crippen molar-refractivity contribution in [2.24, 2.45) is 0 Å². The number of anilines is 1. The third kappa shape index (κ3) is 5.62. The van der Waals surface area contributed by atoms with Crippen LogP contribution in [-0.2, 0) is 11.0 Å². The molecule has 1 amide bonds. The minimum Gasteiger partial charge on any atom is -0.497 e. The fourth-order valence-corrected chi connectivity index (χ4v) is 3.82. The van der Waals surface area contributed by atoms with Gasteiger partial charge in [-0.1, -0.05) is 23.4 Å². The summed E-state index contributed by atoms with van der Waals surface area (Å²) in [5, 5.41) is 2.42. The molecule has 1 aromatic heterocycles. The number of hydrogen-bond acceptors (Lipinski definition) is 6. The van der Waals surface area contributed by atoms with Gasteiger partial charge in [-0.2, -0.15) is 17.5 Å². The van der Waals surface area contributed by atoms with Gasteiger partial charge in [-0.05, 0) is 54.0 Å². The smallest absolute Gasteiger partial charge is 0.416 e. The molecule has 0 aliphatic carbocycles. The standard InChI is InChI=1S/C18H13ClF3N3O2S2/c1-27-12-5-2-10(3-6-12)16-24-17(29-25-16)28-9-15(26)23-14-8-11(18(20,21)22)4-7-13(14)19/h2-8H,9H2,1H3,(H,23,26). The lowest BCUT2D eigenvalue weighted by atomic mass is 10.2. The third-order valence-corrected chi connectivity index (χ3v) is 5.81. The largest absolute Gasteiger partial charge is 0.497 e. The molecule has 0 bridgehead atoms. The number of nitrogens with zero attached hydrogens (tertiary/aromatic N) is 2. The van der Waals surface area contributed by atoms with Gasteiger partial charge in [0.15, 0.2) is 10.2 Å². The fraction of sp³-hybridized carbons (Fsp3) is 0.167. The van der Waals surface area contributed by atoms with E-state index in [9.17, 15) is 18.0 Å². The number of halogens is 4. The van der Waals surface area contributed by atoms with Gasteiger partial charge in [-0.15, -0.1) is 0 Å². The quantitative estimate of drug-likeness (QED) is 0.485. The first-order chi connectivity index (χ1) is 13.8. The third-order valence-electron chi connectivity index (χ3n) is 3.65. The molecule has 0 saturated carbocycles. The van der Waals surface area contributed by atoms with Crippen molar-refractivity contribution in [2.45, 2.75) is 10.5 Å². The van der Waals surface area contributed by atoms with E-state index in [-0.39, 0.29) is 16.5 Å². The summed E-state index contributed by atoms with van der Waals surface area (Å²) in [6, 6.07) is 9.96. The summed E-state index contributed by atoms with van der Waals surface area (Å²) in [6.07, 6.45) is -4.52. The topological polar surface area (TPSA) is 64.1 Å². The number of thioether (sulfide) groups is 1. The Bertz CT molecular complexity index is 1010. The maximum Gasteiger partial charge on any atom is 0.416 e. The highest BCUT2D eigenvalue weighted by atomic mass is 35.5. The number of carbonyl (C=O) groups is 1. The van der Waals surface area contributed by atoms with Crippen LogP contribution in [0.25, 0.3) is 11.4 Å². The Kier molecular flexibility index (Phi) is 6.66. The van der Waals surface area contributed by atoms with Crippen molar-refractivity contribution < 1.29 is 22.7 Å². The molecular weight excluding hydrogens is 447 g/mol. The zero-order valence-electron chi connectivity index (χ0n) is 14.8. The van der Waals surface area contributed by atoms with E-state index >= 15 is 0 Å². The van der Waals surface area contributed by atoms with Crippen molar-refractivity contribution in [2.75, 3.05) is 18.2 Å². The molecule has 0 spiro atoms. The highest BCUT2D eigenvalue weighted by Gasteiger charge is 2.31. The molecule has 11 heteroatoms. The van der Waals surface area contributed by atoms with E-state index in [4.69, 9.17) is 16.3 Å². The molecule has 0 unspecified atom stereocenters. The molecule has 152 valence electrons. The molecule has 5 nitrogen and oxygen atoms in total. The SMILES string of the molecule is COc1ccc(-c2nsc(SCC(=O)Nc3cc(C(F)(F)F)ccc3Cl)n2)cc1. The van der Waals surface area contributed by atoms with Gasteiger partial charge in [0.05, 0.1) is 29.1 Å². The molecule has 3 rings (SSSR count). The first-order valence-corrected chi connectivity index (χ1v) is 10.2. The molecule has 1 heterocycles. The van der Waals surface area contributed by atoms with E-state index in [1.54, 1.807) is 19.2 Å². The van der Waals surface area contributed by atoms with Crippen molar-refractivity contribution >= 4 is 46.5 Å². The molecular formula is C18H13ClF3N3O2S2.